The Balaban J connectivity index is 2.33. The standard InChI is InChI=1S/C16H22N2O2/c1-18(2)10-7-13-5-6-15(20-3)14(11-13)16(17-12-19)8-4-9-16/h5-6,11H,4,7-10H2,1-3H3. The van der Waals surface area contributed by atoms with Crippen LogP contribution in [0, 0.1) is 0 Å². The summed E-state index contributed by atoms with van der Waals surface area (Å²) in [7, 11) is 5.79. The normalized spacial score (nSPS) is 16.4. The Bertz CT molecular complexity index is 515. The fourth-order valence-corrected chi connectivity index (χ4v) is 2.67. The van der Waals surface area contributed by atoms with Crippen LogP contribution in [0.15, 0.2) is 23.2 Å². The molecule has 2 rings (SSSR count). The number of carbonyl (C=O) groups excluding carboxylic acids is 1. The predicted molar refractivity (Wildman–Crippen MR) is 78.9 cm³/mol. The zero-order chi connectivity index (χ0) is 14.6. The average Bonchev–Trinajstić information content (AvgIpc) is 2.40. The molecule has 0 spiro atoms. The Labute approximate surface area is 120 Å². The van der Waals surface area contributed by atoms with Crippen molar-refractivity contribution in [1.82, 2.24) is 4.90 Å². The molecule has 0 heterocycles. The topological polar surface area (TPSA) is 41.9 Å². The highest BCUT2D eigenvalue weighted by Gasteiger charge is 2.41. The summed E-state index contributed by atoms with van der Waals surface area (Å²) in [6.07, 6.45) is 5.61. The smallest absolute Gasteiger partial charge is 0.235 e. The van der Waals surface area contributed by atoms with Crippen molar-refractivity contribution in [2.24, 2.45) is 4.99 Å². The van der Waals surface area contributed by atoms with Crippen LogP contribution >= 0.6 is 0 Å². The van der Waals surface area contributed by atoms with Gasteiger partial charge < -0.3 is 9.64 Å². The number of methoxy groups -OCH3 is 1. The van der Waals surface area contributed by atoms with Crippen molar-refractivity contribution in [3.63, 3.8) is 0 Å². The third-order valence-electron chi connectivity index (χ3n) is 4.05. The maximum absolute atomic E-state index is 10.7. The SMILES string of the molecule is COc1ccc(CCN(C)C)cc1C1(N=C=O)CCC1. The molecule has 1 aliphatic carbocycles. The monoisotopic (exact) mass is 274 g/mol. The summed E-state index contributed by atoms with van der Waals surface area (Å²) < 4.78 is 5.45. The predicted octanol–water partition coefficient (Wildman–Crippen LogP) is 2.51. The molecule has 1 aliphatic rings. The number of likely N-dealkylation sites (N-methyl/N-ethyl adjacent to an activating group) is 1. The molecule has 0 unspecified atom stereocenters. The van der Waals surface area contributed by atoms with Gasteiger partial charge in [-0.15, -0.1) is 0 Å². The van der Waals surface area contributed by atoms with Crippen LogP contribution in [0.1, 0.15) is 30.4 Å². The number of nitrogens with zero attached hydrogens (tertiary/aromatic N) is 2. The van der Waals surface area contributed by atoms with E-state index in [0.717, 1.165) is 43.5 Å². The van der Waals surface area contributed by atoms with Gasteiger partial charge in [0.25, 0.3) is 0 Å². The van der Waals surface area contributed by atoms with Gasteiger partial charge in [-0.3, -0.25) is 0 Å². The van der Waals surface area contributed by atoms with Crippen LogP contribution in [0.4, 0.5) is 0 Å². The number of hydrogen-bond acceptors (Lipinski definition) is 4. The van der Waals surface area contributed by atoms with Gasteiger partial charge in [-0.25, -0.2) is 4.79 Å². The highest BCUT2D eigenvalue weighted by atomic mass is 16.5. The lowest BCUT2D eigenvalue weighted by molar-refractivity contribution is 0.246. The number of aliphatic imine (C=N–C) groups is 1. The van der Waals surface area contributed by atoms with E-state index in [1.807, 2.05) is 6.07 Å². The molecule has 0 aromatic heterocycles. The molecule has 0 radical (unpaired) electrons. The van der Waals surface area contributed by atoms with Crippen molar-refractivity contribution in [1.29, 1.82) is 0 Å². The molecule has 1 saturated carbocycles. The van der Waals surface area contributed by atoms with E-state index < -0.39 is 5.54 Å². The van der Waals surface area contributed by atoms with E-state index in [1.54, 1.807) is 13.2 Å². The Morgan fingerprint density at radius 2 is 2.15 bits per heavy atom. The molecule has 0 amide bonds. The van der Waals surface area contributed by atoms with Crippen molar-refractivity contribution in [2.45, 2.75) is 31.2 Å². The first-order chi connectivity index (χ1) is 9.61. The summed E-state index contributed by atoms with van der Waals surface area (Å²) in [4.78, 5) is 17.0. The summed E-state index contributed by atoms with van der Waals surface area (Å²) in [6, 6.07) is 6.21. The molecule has 108 valence electrons. The van der Waals surface area contributed by atoms with Crippen molar-refractivity contribution < 1.29 is 9.53 Å². The average molecular weight is 274 g/mol. The second-order valence-corrected chi connectivity index (χ2v) is 5.68. The summed E-state index contributed by atoms with van der Waals surface area (Å²) in [6.45, 7) is 0.996. The van der Waals surface area contributed by atoms with Crippen LogP contribution in [0.2, 0.25) is 0 Å². The van der Waals surface area contributed by atoms with Crippen LogP contribution in [0.25, 0.3) is 0 Å². The lowest BCUT2D eigenvalue weighted by Crippen LogP contribution is -2.32. The van der Waals surface area contributed by atoms with Gasteiger partial charge in [0.05, 0.1) is 7.11 Å². The number of rotatable bonds is 6. The van der Waals surface area contributed by atoms with Crippen LogP contribution in [0.3, 0.4) is 0 Å². The van der Waals surface area contributed by atoms with Gasteiger partial charge in [0.2, 0.25) is 6.08 Å². The minimum Gasteiger partial charge on any atom is -0.496 e. The van der Waals surface area contributed by atoms with E-state index in [1.165, 1.54) is 5.56 Å². The number of hydrogen-bond donors (Lipinski definition) is 0. The number of ether oxygens (including phenoxy) is 1. The lowest BCUT2D eigenvalue weighted by Gasteiger charge is -2.38. The van der Waals surface area contributed by atoms with Gasteiger partial charge in [-0.05, 0) is 57.5 Å². The molecular weight excluding hydrogens is 252 g/mol. The number of isocyanates is 1. The highest BCUT2D eigenvalue weighted by Crippen LogP contribution is 2.48. The fraction of sp³-hybridized carbons (Fsp3) is 0.562. The minimum atomic E-state index is -0.402. The molecule has 0 bridgehead atoms. The van der Waals surface area contributed by atoms with Gasteiger partial charge in [0.15, 0.2) is 0 Å². The van der Waals surface area contributed by atoms with Crippen molar-refractivity contribution in [3.8, 4) is 5.75 Å². The lowest BCUT2D eigenvalue weighted by atomic mass is 9.71. The molecule has 1 fully saturated rings. The molecule has 0 atom stereocenters. The molecule has 1 aromatic rings. The third-order valence-corrected chi connectivity index (χ3v) is 4.05. The molecule has 0 saturated heterocycles. The molecule has 0 aliphatic heterocycles. The Kier molecular flexibility index (Phi) is 4.58. The number of benzene rings is 1. The second kappa shape index (κ2) is 6.21. The zero-order valence-electron chi connectivity index (χ0n) is 12.5. The third kappa shape index (κ3) is 2.92. The summed E-state index contributed by atoms with van der Waals surface area (Å²) >= 11 is 0. The highest BCUT2D eigenvalue weighted by molar-refractivity contribution is 5.47. The summed E-state index contributed by atoms with van der Waals surface area (Å²) in [5.41, 5.74) is 1.88. The maximum atomic E-state index is 10.7. The first-order valence-corrected chi connectivity index (χ1v) is 7.02. The first-order valence-electron chi connectivity index (χ1n) is 7.02. The van der Waals surface area contributed by atoms with Crippen molar-refractivity contribution >= 4 is 6.08 Å². The van der Waals surface area contributed by atoms with E-state index >= 15 is 0 Å². The van der Waals surface area contributed by atoms with Crippen molar-refractivity contribution in [3.05, 3.63) is 29.3 Å². The Morgan fingerprint density at radius 1 is 1.40 bits per heavy atom. The van der Waals surface area contributed by atoms with E-state index in [-0.39, 0.29) is 0 Å². The molecular formula is C16H22N2O2. The van der Waals surface area contributed by atoms with Gasteiger partial charge in [0.1, 0.15) is 11.3 Å². The van der Waals surface area contributed by atoms with Crippen LogP contribution < -0.4 is 4.74 Å². The zero-order valence-corrected chi connectivity index (χ0v) is 12.5. The van der Waals surface area contributed by atoms with E-state index in [9.17, 15) is 4.79 Å². The van der Waals surface area contributed by atoms with Gasteiger partial charge in [-0.1, -0.05) is 6.07 Å². The molecule has 1 aromatic carbocycles. The largest absolute Gasteiger partial charge is 0.496 e. The molecule has 4 heteroatoms. The minimum absolute atomic E-state index is 0.402. The fourth-order valence-electron chi connectivity index (χ4n) is 2.67. The van der Waals surface area contributed by atoms with Crippen LogP contribution in [-0.2, 0) is 16.8 Å². The Hall–Kier alpha value is -1.64. The van der Waals surface area contributed by atoms with Gasteiger partial charge in [0, 0.05) is 12.1 Å². The molecule has 20 heavy (non-hydrogen) atoms. The second-order valence-electron chi connectivity index (χ2n) is 5.68. The Morgan fingerprint density at radius 3 is 2.65 bits per heavy atom. The van der Waals surface area contributed by atoms with Gasteiger partial charge in [-0.2, -0.15) is 4.99 Å². The van der Waals surface area contributed by atoms with Crippen LogP contribution in [-0.4, -0.2) is 38.7 Å². The van der Waals surface area contributed by atoms with Crippen molar-refractivity contribution in [2.75, 3.05) is 27.7 Å². The van der Waals surface area contributed by atoms with E-state index in [2.05, 4.69) is 36.1 Å². The maximum Gasteiger partial charge on any atom is 0.235 e. The summed E-state index contributed by atoms with van der Waals surface area (Å²) in [5, 5.41) is 0. The van der Waals surface area contributed by atoms with Gasteiger partial charge >= 0.3 is 0 Å². The van der Waals surface area contributed by atoms with Crippen LogP contribution in [0.5, 0.6) is 5.75 Å². The van der Waals surface area contributed by atoms with E-state index in [0.29, 0.717) is 0 Å². The summed E-state index contributed by atoms with van der Waals surface area (Å²) in [5.74, 6) is 0.817. The first kappa shape index (κ1) is 14.8. The molecule has 4 nitrogen and oxygen atoms in total. The molecule has 0 N–H and O–H groups in total. The van der Waals surface area contributed by atoms with E-state index in [4.69, 9.17) is 4.74 Å². The quantitative estimate of drug-likeness (QED) is 0.591.